The van der Waals surface area contributed by atoms with Gasteiger partial charge in [0.15, 0.2) is 5.82 Å². The van der Waals surface area contributed by atoms with Gasteiger partial charge in [-0.1, -0.05) is 11.6 Å². The maximum Gasteiger partial charge on any atom is 0.171 e. The molecular weight excluding hydrogens is 391 g/mol. The van der Waals surface area contributed by atoms with Crippen LogP contribution in [0.15, 0.2) is 20.4 Å². The number of aromatic nitrogens is 2. The van der Waals surface area contributed by atoms with Crippen molar-refractivity contribution in [2.45, 2.75) is 6.61 Å². The molecule has 3 nitrogen and oxygen atoms in total. The van der Waals surface area contributed by atoms with Gasteiger partial charge in [-0.05, 0) is 44.0 Å². The third kappa shape index (κ3) is 3.06. The zero-order valence-electron chi connectivity index (χ0n) is 8.71. The van der Waals surface area contributed by atoms with Gasteiger partial charge in [-0.15, -0.1) is 11.3 Å². The molecule has 2 rings (SSSR count). The minimum Gasteiger partial charge on any atom is -0.378 e. The summed E-state index contributed by atoms with van der Waals surface area (Å²) in [4.78, 5) is 9.63. The molecule has 17 heavy (non-hydrogen) atoms. The van der Waals surface area contributed by atoms with Crippen LogP contribution in [0.25, 0.3) is 10.7 Å². The minimum absolute atomic E-state index is 0.391. The topological polar surface area (TPSA) is 35.0 Å². The summed E-state index contributed by atoms with van der Waals surface area (Å²) in [6.07, 6.45) is 0. The molecule has 2 aromatic rings. The number of hydrogen-bond donors (Lipinski definition) is 0. The normalized spacial score (nSPS) is 10.8. The Morgan fingerprint density at radius 2 is 2.12 bits per heavy atom. The first-order valence-corrected chi connectivity index (χ1v) is 7.36. The number of methoxy groups -OCH3 is 1. The van der Waals surface area contributed by atoms with Gasteiger partial charge < -0.3 is 4.74 Å². The highest BCUT2D eigenvalue weighted by molar-refractivity contribution is 9.11. The van der Waals surface area contributed by atoms with E-state index in [1.807, 2.05) is 12.1 Å². The predicted molar refractivity (Wildman–Crippen MR) is 76.5 cm³/mol. The van der Waals surface area contributed by atoms with Crippen molar-refractivity contribution in [3.8, 4) is 10.7 Å². The van der Waals surface area contributed by atoms with Gasteiger partial charge in [0, 0.05) is 7.11 Å². The molecule has 0 N–H and O–H groups in total. The Morgan fingerprint density at radius 3 is 2.71 bits per heavy atom. The molecule has 0 atom stereocenters. The third-order valence-corrected chi connectivity index (χ3v) is 4.91. The maximum atomic E-state index is 6.05. The molecule has 0 amide bonds. The number of rotatable bonds is 3. The SMILES string of the molecule is COCc1nc(-c2ccc(Br)s2)nc(Cl)c1Br. The van der Waals surface area contributed by atoms with Gasteiger partial charge in [0.1, 0.15) is 5.15 Å². The Morgan fingerprint density at radius 1 is 1.35 bits per heavy atom. The van der Waals surface area contributed by atoms with Crippen molar-refractivity contribution in [3.63, 3.8) is 0 Å². The fourth-order valence-corrected chi connectivity index (χ4v) is 3.04. The van der Waals surface area contributed by atoms with Gasteiger partial charge in [0.25, 0.3) is 0 Å². The van der Waals surface area contributed by atoms with Crippen molar-refractivity contribution < 1.29 is 4.74 Å². The summed E-state index contributed by atoms with van der Waals surface area (Å²) in [5.74, 6) is 0.612. The Kier molecular flexibility index (Phi) is 4.54. The van der Waals surface area contributed by atoms with Crippen molar-refractivity contribution in [2.24, 2.45) is 0 Å². The standard InChI is InChI=1S/C10H7Br2ClN2OS/c1-16-4-5-8(12)9(13)15-10(14-5)6-2-3-7(11)17-6/h2-3H,4H2,1H3. The van der Waals surface area contributed by atoms with Gasteiger partial charge in [-0.3, -0.25) is 0 Å². The van der Waals surface area contributed by atoms with Gasteiger partial charge in [-0.25, -0.2) is 9.97 Å². The highest BCUT2D eigenvalue weighted by atomic mass is 79.9. The molecule has 0 saturated carbocycles. The summed E-state index contributed by atoms with van der Waals surface area (Å²) >= 11 is 14.4. The van der Waals surface area contributed by atoms with Crippen LogP contribution in [0, 0.1) is 0 Å². The van der Waals surface area contributed by atoms with Gasteiger partial charge in [-0.2, -0.15) is 0 Å². The number of ether oxygens (including phenoxy) is 1. The van der Waals surface area contributed by atoms with E-state index in [-0.39, 0.29) is 0 Å². The van der Waals surface area contributed by atoms with E-state index in [9.17, 15) is 0 Å². The van der Waals surface area contributed by atoms with Gasteiger partial charge in [0.2, 0.25) is 0 Å². The Hall–Kier alpha value is -0.0100. The van der Waals surface area contributed by atoms with E-state index in [0.717, 1.165) is 14.4 Å². The van der Waals surface area contributed by atoms with Crippen LogP contribution in [-0.2, 0) is 11.3 Å². The average molecular weight is 399 g/mol. The van der Waals surface area contributed by atoms with Crippen molar-refractivity contribution in [1.82, 2.24) is 9.97 Å². The van der Waals surface area contributed by atoms with Crippen LogP contribution < -0.4 is 0 Å². The minimum atomic E-state index is 0.391. The molecule has 0 aliphatic carbocycles. The van der Waals surface area contributed by atoms with Crippen LogP contribution in [0.5, 0.6) is 0 Å². The summed E-state index contributed by atoms with van der Waals surface area (Å²) in [7, 11) is 1.61. The van der Waals surface area contributed by atoms with Crippen molar-refractivity contribution in [2.75, 3.05) is 7.11 Å². The molecule has 2 heterocycles. The van der Waals surface area contributed by atoms with Crippen LogP contribution >= 0.6 is 54.8 Å². The fourth-order valence-electron chi connectivity index (χ4n) is 1.24. The number of hydrogen-bond acceptors (Lipinski definition) is 4. The molecule has 0 unspecified atom stereocenters. The summed E-state index contributed by atoms with van der Waals surface area (Å²) < 4.78 is 6.79. The third-order valence-electron chi connectivity index (χ3n) is 1.95. The van der Waals surface area contributed by atoms with E-state index in [4.69, 9.17) is 16.3 Å². The molecule has 7 heteroatoms. The Balaban J connectivity index is 2.48. The van der Waals surface area contributed by atoms with Crippen LogP contribution in [0.2, 0.25) is 5.15 Å². The van der Waals surface area contributed by atoms with E-state index >= 15 is 0 Å². The second-order valence-electron chi connectivity index (χ2n) is 3.14. The van der Waals surface area contributed by atoms with Crippen molar-refractivity contribution >= 4 is 54.8 Å². The Labute approximate surface area is 124 Å². The lowest BCUT2D eigenvalue weighted by atomic mass is 10.4. The maximum absolute atomic E-state index is 6.05. The zero-order chi connectivity index (χ0) is 12.4. The molecule has 0 aliphatic heterocycles. The van der Waals surface area contributed by atoms with Crippen LogP contribution in [-0.4, -0.2) is 17.1 Å². The van der Waals surface area contributed by atoms with Crippen LogP contribution in [0.3, 0.4) is 0 Å². The zero-order valence-corrected chi connectivity index (χ0v) is 13.5. The van der Waals surface area contributed by atoms with Gasteiger partial charge in [0.05, 0.1) is 25.4 Å². The first-order valence-electron chi connectivity index (χ1n) is 4.58. The first kappa shape index (κ1) is 13.4. The van der Waals surface area contributed by atoms with Gasteiger partial charge >= 0.3 is 0 Å². The van der Waals surface area contributed by atoms with E-state index < -0.39 is 0 Å². The number of halogens is 3. The lowest BCUT2D eigenvalue weighted by molar-refractivity contribution is 0.181. The molecule has 2 aromatic heterocycles. The Bertz CT molecular complexity index is 547. The molecule has 0 fully saturated rings. The summed E-state index contributed by atoms with van der Waals surface area (Å²) in [5, 5.41) is 0.395. The molecule has 90 valence electrons. The molecule has 0 aromatic carbocycles. The van der Waals surface area contributed by atoms with E-state index in [2.05, 4.69) is 41.8 Å². The lowest BCUT2D eigenvalue weighted by Crippen LogP contribution is -1.99. The second kappa shape index (κ2) is 5.75. The monoisotopic (exact) mass is 396 g/mol. The second-order valence-corrected chi connectivity index (χ2v) is 6.75. The number of thiophene rings is 1. The molecule has 0 saturated heterocycles. The van der Waals surface area contributed by atoms with Crippen LogP contribution in [0.1, 0.15) is 5.69 Å². The predicted octanol–water partition coefficient (Wildman–Crippen LogP) is 4.53. The van der Waals surface area contributed by atoms with Crippen molar-refractivity contribution in [1.29, 1.82) is 0 Å². The largest absolute Gasteiger partial charge is 0.378 e. The fraction of sp³-hybridized carbons (Fsp3) is 0.200. The van der Waals surface area contributed by atoms with Crippen molar-refractivity contribution in [3.05, 3.63) is 31.2 Å². The molecular formula is C10H7Br2ClN2OS. The lowest BCUT2D eigenvalue weighted by Gasteiger charge is -2.06. The van der Waals surface area contributed by atoms with E-state index in [1.54, 1.807) is 18.4 Å². The summed E-state index contributed by atoms with van der Waals surface area (Å²) in [5.41, 5.74) is 0.743. The molecule has 0 spiro atoms. The molecule has 0 aliphatic rings. The average Bonchev–Trinajstić information content (AvgIpc) is 2.71. The van der Waals surface area contributed by atoms with Crippen LogP contribution in [0.4, 0.5) is 0 Å². The number of nitrogens with zero attached hydrogens (tertiary/aromatic N) is 2. The highest BCUT2D eigenvalue weighted by Gasteiger charge is 2.13. The molecule has 0 radical (unpaired) electrons. The van der Waals surface area contributed by atoms with E-state index in [0.29, 0.717) is 22.1 Å². The smallest absolute Gasteiger partial charge is 0.171 e. The summed E-state index contributed by atoms with van der Waals surface area (Å²) in [6, 6.07) is 3.90. The highest BCUT2D eigenvalue weighted by Crippen LogP contribution is 2.32. The molecule has 0 bridgehead atoms. The summed E-state index contributed by atoms with van der Waals surface area (Å²) in [6.45, 7) is 0.391. The quantitative estimate of drug-likeness (QED) is 0.713. The first-order chi connectivity index (χ1) is 8.11. The van der Waals surface area contributed by atoms with E-state index in [1.165, 1.54) is 0 Å².